The number of aryl methyl sites for hydroxylation is 2. The van der Waals surface area contributed by atoms with Crippen molar-refractivity contribution in [2.75, 3.05) is 17.2 Å². The van der Waals surface area contributed by atoms with Gasteiger partial charge < -0.3 is 14.8 Å². The Morgan fingerprint density at radius 2 is 1.45 bits per heavy atom. The maximum Gasteiger partial charge on any atom is 0.412 e. The Bertz CT molecular complexity index is 908. The molecule has 2 aromatic carbocycles. The van der Waals surface area contributed by atoms with Gasteiger partial charge in [-0.1, -0.05) is 32.0 Å². The van der Waals surface area contributed by atoms with Gasteiger partial charge in [0.15, 0.2) is 6.61 Å². The number of carbonyl (C=O) groups is 3. The lowest BCUT2D eigenvalue weighted by molar-refractivity contribution is -0.119. The number of rotatable bonds is 7. The maximum atomic E-state index is 12.3. The highest BCUT2D eigenvalue weighted by Gasteiger charge is 2.17. The molecular weight excluding hydrogens is 396 g/mol. The first-order chi connectivity index (χ1) is 14.6. The van der Waals surface area contributed by atoms with Gasteiger partial charge in [0.25, 0.3) is 5.91 Å². The van der Waals surface area contributed by atoms with Crippen molar-refractivity contribution >= 4 is 29.3 Å². The molecule has 0 saturated heterocycles. The predicted molar refractivity (Wildman–Crippen MR) is 120 cm³/mol. The van der Waals surface area contributed by atoms with Crippen LogP contribution in [0.15, 0.2) is 42.5 Å². The summed E-state index contributed by atoms with van der Waals surface area (Å²) in [4.78, 5) is 36.4. The van der Waals surface area contributed by atoms with E-state index in [1.165, 1.54) is 12.1 Å². The molecule has 2 aromatic rings. The van der Waals surface area contributed by atoms with Crippen LogP contribution < -0.4 is 10.6 Å². The topological polar surface area (TPSA) is 93.7 Å². The van der Waals surface area contributed by atoms with E-state index in [4.69, 9.17) is 9.47 Å². The van der Waals surface area contributed by atoms with Crippen molar-refractivity contribution in [3.05, 3.63) is 59.2 Å². The summed E-state index contributed by atoms with van der Waals surface area (Å²) < 4.78 is 10.3. The molecule has 0 radical (unpaired) electrons. The van der Waals surface area contributed by atoms with Gasteiger partial charge in [-0.15, -0.1) is 0 Å². The van der Waals surface area contributed by atoms with Crippen molar-refractivity contribution in [3.63, 3.8) is 0 Å². The zero-order valence-electron chi connectivity index (χ0n) is 18.7. The molecule has 0 aliphatic carbocycles. The summed E-state index contributed by atoms with van der Waals surface area (Å²) in [6.45, 7) is 8.96. The van der Waals surface area contributed by atoms with Gasteiger partial charge in [-0.2, -0.15) is 0 Å². The van der Waals surface area contributed by atoms with Gasteiger partial charge in [0, 0.05) is 11.4 Å². The zero-order valence-corrected chi connectivity index (χ0v) is 18.7. The van der Waals surface area contributed by atoms with Crippen LogP contribution in [0.2, 0.25) is 0 Å². The largest absolute Gasteiger partial charge is 0.452 e. The molecule has 0 heterocycles. The van der Waals surface area contributed by atoms with Crippen LogP contribution in [0, 0.1) is 0 Å². The Labute approximate surface area is 183 Å². The van der Waals surface area contributed by atoms with Crippen LogP contribution in [0.5, 0.6) is 0 Å². The predicted octanol–water partition coefficient (Wildman–Crippen LogP) is 4.95. The molecule has 7 heteroatoms. The average Bonchev–Trinajstić information content (AvgIpc) is 2.71. The van der Waals surface area contributed by atoms with Gasteiger partial charge in [-0.05, 0) is 69.0 Å². The molecule has 2 rings (SSSR count). The summed E-state index contributed by atoms with van der Waals surface area (Å²) in [6.07, 6.45) is 0.984. The molecular formula is C24H30N2O5. The second kappa shape index (κ2) is 10.6. The molecule has 31 heavy (non-hydrogen) atoms. The molecule has 0 bridgehead atoms. The number of para-hydroxylation sites is 1. The van der Waals surface area contributed by atoms with E-state index in [1.807, 2.05) is 32.0 Å². The number of amides is 2. The van der Waals surface area contributed by atoms with Crippen molar-refractivity contribution in [2.45, 2.75) is 53.1 Å². The molecule has 0 aliphatic heterocycles. The van der Waals surface area contributed by atoms with Crippen molar-refractivity contribution in [1.82, 2.24) is 0 Å². The van der Waals surface area contributed by atoms with Crippen LogP contribution >= 0.6 is 0 Å². The first kappa shape index (κ1) is 23.9. The lowest BCUT2D eigenvalue weighted by atomic mass is 10.0. The minimum absolute atomic E-state index is 0.269. The normalized spacial score (nSPS) is 10.9. The molecule has 2 amide bonds. The fourth-order valence-electron chi connectivity index (χ4n) is 2.90. The van der Waals surface area contributed by atoms with Crippen LogP contribution in [0.1, 0.15) is 56.1 Å². The van der Waals surface area contributed by atoms with Crippen LogP contribution in [-0.4, -0.2) is 30.2 Å². The number of benzene rings is 2. The highest BCUT2D eigenvalue weighted by molar-refractivity contribution is 5.96. The smallest absolute Gasteiger partial charge is 0.412 e. The van der Waals surface area contributed by atoms with Crippen LogP contribution in [-0.2, 0) is 27.1 Å². The number of nitrogens with one attached hydrogen (secondary N) is 2. The minimum Gasteiger partial charge on any atom is -0.452 e. The SMILES string of the molecule is CCc1cccc(CC)c1NC(=O)COC(=O)c1ccc(NC(=O)OC(C)(C)C)cc1. The lowest BCUT2D eigenvalue weighted by Crippen LogP contribution is -2.27. The lowest BCUT2D eigenvalue weighted by Gasteiger charge is -2.19. The summed E-state index contributed by atoms with van der Waals surface area (Å²) in [5, 5.41) is 5.45. The molecule has 0 spiro atoms. The van der Waals surface area contributed by atoms with Crippen molar-refractivity contribution in [1.29, 1.82) is 0 Å². The van der Waals surface area contributed by atoms with Gasteiger partial charge in [-0.25, -0.2) is 9.59 Å². The fraction of sp³-hybridized carbons (Fsp3) is 0.375. The van der Waals surface area contributed by atoms with E-state index in [0.29, 0.717) is 5.69 Å². The number of ether oxygens (including phenoxy) is 2. The Hall–Kier alpha value is -3.35. The van der Waals surface area contributed by atoms with Gasteiger partial charge in [0.1, 0.15) is 5.60 Å². The zero-order chi connectivity index (χ0) is 23.0. The number of carbonyl (C=O) groups excluding carboxylic acids is 3. The van der Waals surface area contributed by atoms with E-state index >= 15 is 0 Å². The molecule has 0 fully saturated rings. The number of hydrogen-bond donors (Lipinski definition) is 2. The molecule has 0 unspecified atom stereocenters. The maximum absolute atomic E-state index is 12.3. The number of anilines is 2. The second-order valence-electron chi connectivity index (χ2n) is 7.99. The summed E-state index contributed by atoms with van der Waals surface area (Å²) in [6, 6.07) is 12.0. The van der Waals surface area contributed by atoms with E-state index in [1.54, 1.807) is 32.9 Å². The highest BCUT2D eigenvalue weighted by Crippen LogP contribution is 2.22. The molecule has 166 valence electrons. The molecule has 0 atom stereocenters. The van der Waals surface area contributed by atoms with Crippen LogP contribution in [0.3, 0.4) is 0 Å². The van der Waals surface area contributed by atoms with E-state index in [9.17, 15) is 14.4 Å². The first-order valence-electron chi connectivity index (χ1n) is 10.3. The summed E-state index contributed by atoms with van der Waals surface area (Å²) in [7, 11) is 0. The van der Waals surface area contributed by atoms with Gasteiger partial charge in [0.2, 0.25) is 0 Å². The summed E-state index contributed by atoms with van der Waals surface area (Å²) in [5.74, 6) is -1.02. The third kappa shape index (κ3) is 7.44. The minimum atomic E-state index is -0.626. The second-order valence-corrected chi connectivity index (χ2v) is 7.99. The standard InChI is InChI=1S/C24H30N2O5/c1-6-16-9-8-10-17(7-2)21(16)26-20(27)15-30-22(28)18-11-13-19(14-12-18)25-23(29)31-24(3,4)5/h8-14H,6-7,15H2,1-5H3,(H,25,29)(H,26,27). The Morgan fingerprint density at radius 3 is 1.97 bits per heavy atom. The molecule has 0 aromatic heterocycles. The van der Waals surface area contributed by atoms with Crippen molar-refractivity contribution < 1.29 is 23.9 Å². The van der Waals surface area contributed by atoms with E-state index in [0.717, 1.165) is 29.7 Å². The Balaban J connectivity index is 1.91. The van der Waals surface area contributed by atoms with Gasteiger partial charge in [0.05, 0.1) is 5.56 Å². The van der Waals surface area contributed by atoms with E-state index < -0.39 is 30.2 Å². The molecule has 0 saturated carbocycles. The van der Waals surface area contributed by atoms with Crippen molar-refractivity contribution in [2.24, 2.45) is 0 Å². The van der Waals surface area contributed by atoms with Crippen LogP contribution in [0.25, 0.3) is 0 Å². The third-order valence-electron chi connectivity index (χ3n) is 4.36. The Kier molecular flexibility index (Phi) is 8.19. The highest BCUT2D eigenvalue weighted by atomic mass is 16.6. The molecule has 2 N–H and O–H groups in total. The van der Waals surface area contributed by atoms with E-state index in [2.05, 4.69) is 10.6 Å². The summed E-state index contributed by atoms with van der Waals surface area (Å²) >= 11 is 0. The van der Waals surface area contributed by atoms with Crippen molar-refractivity contribution in [3.8, 4) is 0 Å². The number of esters is 1. The number of hydrogen-bond acceptors (Lipinski definition) is 5. The molecule has 7 nitrogen and oxygen atoms in total. The fourth-order valence-corrected chi connectivity index (χ4v) is 2.90. The average molecular weight is 427 g/mol. The third-order valence-corrected chi connectivity index (χ3v) is 4.36. The quantitative estimate of drug-likeness (QED) is 0.611. The van der Waals surface area contributed by atoms with Gasteiger partial charge in [-0.3, -0.25) is 10.1 Å². The summed E-state index contributed by atoms with van der Waals surface area (Å²) in [5.41, 5.74) is 2.99. The van der Waals surface area contributed by atoms with Crippen LogP contribution in [0.4, 0.5) is 16.2 Å². The monoisotopic (exact) mass is 426 g/mol. The Morgan fingerprint density at radius 1 is 0.871 bits per heavy atom. The first-order valence-corrected chi connectivity index (χ1v) is 10.3. The molecule has 0 aliphatic rings. The van der Waals surface area contributed by atoms with E-state index in [-0.39, 0.29) is 5.56 Å². The van der Waals surface area contributed by atoms with Gasteiger partial charge >= 0.3 is 12.1 Å².